The molecule has 1 aromatic carbocycles. The average molecular weight is 363 g/mol. The zero-order chi connectivity index (χ0) is 18.4. The van der Waals surface area contributed by atoms with Gasteiger partial charge in [0, 0.05) is 17.6 Å². The van der Waals surface area contributed by atoms with Gasteiger partial charge in [-0.05, 0) is 30.9 Å². The van der Waals surface area contributed by atoms with E-state index in [2.05, 4.69) is 34.4 Å². The fraction of sp³-hybridized carbons (Fsp3) is 0.389. The van der Waals surface area contributed by atoms with E-state index in [9.17, 15) is 4.79 Å². The second-order valence-electron chi connectivity index (χ2n) is 6.15. The number of ether oxygens (including phenoxy) is 1. The van der Waals surface area contributed by atoms with Crippen molar-refractivity contribution in [3.63, 3.8) is 0 Å². The summed E-state index contributed by atoms with van der Waals surface area (Å²) in [6, 6.07) is 3.61. The number of rotatable bonds is 7. The predicted octanol–water partition coefficient (Wildman–Crippen LogP) is 3.97. The first-order chi connectivity index (χ1) is 11.9. The third-order valence-electron chi connectivity index (χ3n) is 3.64. The van der Waals surface area contributed by atoms with Gasteiger partial charge in [0.05, 0.1) is 25.2 Å². The highest BCUT2D eigenvalue weighted by Gasteiger charge is 2.10. The van der Waals surface area contributed by atoms with Crippen LogP contribution >= 0.6 is 11.6 Å². The third kappa shape index (κ3) is 5.32. The number of carbonyl (C=O) groups excluding carboxylic acids is 1. The first-order valence-electron chi connectivity index (χ1n) is 8.12. The number of carbonyl (C=O) groups is 1. The first kappa shape index (κ1) is 19.0. The van der Waals surface area contributed by atoms with Crippen molar-refractivity contribution in [2.75, 3.05) is 19.0 Å². The summed E-state index contributed by atoms with van der Waals surface area (Å²) >= 11 is 6.10. The molecular formula is C18H23ClN4O2. The first-order valence-corrected chi connectivity index (χ1v) is 8.50. The zero-order valence-corrected chi connectivity index (χ0v) is 15.6. The summed E-state index contributed by atoms with van der Waals surface area (Å²) in [5, 5.41) is 6.59. The van der Waals surface area contributed by atoms with Gasteiger partial charge in [0.15, 0.2) is 0 Å². The molecule has 7 heteroatoms. The van der Waals surface area contributed by atoms with Crippen LogP contribution < -0.4 is 15.4 Å². The van der Waals surface area contributed by atoms with Crippen LogP contribution in [-0.4, -0.2) is 29.5 Å². The van der Waals surface area contributed by atoms with Crippen LogP contribution in [0.3, 0.4) is 0 Å². The fourth-order valence-electron chi connectivity index (χ4n) is 2.14. The van der Waals surface area contributed by atoms with Gasteiger partial charge in [0.2, 0.25) is 0 Å². The number of benzene rings is 1. The van der Waals surface area contributed by atoms with Crippen molar-refractivity contribution in [3.05, 3.63) is 40.8 Å². The number of nitrogens with zero attached hydrogens (tertiary/aromatic N) is 2. The van der Waals surface area contributed by atoms with Gasteiger partial charge < -0.3 is 15.4 Å². The number of halogens is 1. The molecule has 0 aliphatic rings. The third-order valence-corrected chi connectivity index (χ3v) is 4.04. The highest BCUT2D eigenvalue weighted by Crippen LogP contribution is 2.32. The number of methoxy groups -OCH3 is 1. The molecule has 2 aromatic rings. The van der Waals surface area contributed by atoms with Crippen molar-refractivity contribution in [3.8, 4) is 5.75 Å². The van der Waals surface area contributed by atoms with Crippen LogP contribution in [-0.2, 0) is 0 Å². The van der Waals surface area contributed by atoms with E-state index in [0.717, 1.165) is 17.7 Å². The van der Waals surface area contributed by atoms with Crippen LogP contribution in [0.4, 0.5) is 11.5 Å². The molecule has 0 radical (unpaired) electrons. The van der Waals surface area contributed by atoms with Crippen molar-refractivity contribution in [2.45, 2.75) is 27.2 Å². The van der Waals surface area contributed by atoms with Crippen LogP contribution in [0.25, 0.3) is 0 Å². The minimum atomic E-state index is -0.223. The summed E-state index contributed by atoms with van der Waals surface area (Å²) in [6.45, 7) is 6.75. The van der Waals surface area contributed by atoms with Gasteiger partial charge in [0.25, 0.3) is 5.91 Å². The fourth-order valence-corrected chi connectivity index (χ4v) is 2.30. The summed E-state index contributed by atoms with van der Waals surface area (Å²) in [4.78, 5) is 20.4. The maximum Gasteiger partial charge on any atom is 0.271 e. The van der Waals surface area contributed by atoms with Crippen LogP contribution in [0.1, 0.15) is 36.3 Å². The molecule has 0 aliphatic carbocycles. The molecule has 1 amide bonds. The molecule has 0 aliphatic heterocycles. The predicted molar refractivity (Wildman–Crippen MR) is 99.8 cm³/mol. The van der Waals surface area contributed by atoms with E-state index in [0.29, 0.717) is 29.1 Å². The second-order valence-corrected chi connectivity index (χ2v) is 6.56. The largest absolute Gasteiger partial charge is 0.495 e. The van der Waals surface area contributed by atoms with Crippen LogP contribution in [0.5, 0.6) is 5.75 Å². The van der Waals surface area contributed by atoms with Crippen molar-refractivity contribution >= 4 is 29.0 Å². The molecule has 6 nitrogen and oxygen atoms in total. The molecule has 25 heavy (non-hydrogen) atoms. The Balaban J connectivity index is 2.05. The monoisotopic (exact) mass is 362 g/mol. The molecule has 2 N–H and O–H groups in total. The van der Waals surface area contributed by atoms with Gasteiger partial charge in [0.1, 0.15) is 17.3 Å². The number of nitrogens with one attached hydrogen (secondary N) is 2. The van der Waals surface area contributed by atoms with Crippen molar-refractivity contribution in [1.82, 2.24) is 15.3 Å². The Hall–Kier alpha value is -2.34. The minimum Gasteiger partial charge on any atom is -0.495 e. The molecule has 134 valence electrons. The summed E-state index contributed by atoms with van der Waals surface area (Å²) in [6.07, 6.45) is 3.89. The van der Waals surface area contributed by atoms with E-state index in [1.165, 1.54) is 12.4 Å². The Bertz CT molecular complexity index is 733. The van der Waals surface area contributed by atoms with Crippen molar-refractivity contribution in [1.29, 1.82) is 0 Å². The summed E-state index contributed by atoms with van der Waals surface area (Å²) < 4.78 is 5.32. The lowest BCUT2D eigenvalue weighted by Crippen LogP contribution is -2.26. The molecular weight excluding hydrogens is 340 g/mol. The number of anilines is 2. The van der Waals surface area contributed by atoms with E-state index in [1.54, 1.807) is 13.2 Å². The molecule has 0 atom stereocenters. The number of hydrogen-bond acceptors (Lipinski definition) is 5. The second kappa shape index (κ2) is 8.67. The summed E-state index contributed by atoms with van der Waals surface area (Å²) in [5.74, 6) is 1.43. The smallest absolute Gasteiger partial charge is 0.271 e. The highest BCUT2D eigenvalue weighted by molar-refractivity contribution is 6.31. The molecule has 0 spiro atoms. The van der Waals surface area contributed by atoms with Crippen molar-refractivity contribution in [2.24, 2.45) is 5.92 Å². The van der Waals surface area contributed by atoms with Gasteiger partial charge in [-0.2, -0.15) is 0 Å². The Labute approximate surface area is 153 Å². The van der Waals surface area contributed by atoms with Gasteiger partial charge in [-0.15, -0.1) is 0 Å². The minimum absolute atomic E-state index is 0.223. The summed E-state index contributed by atoms with van der Waals surface area (Å²) in [7, 11) is 1.57. The average Bonchev–Trinajstić information content (AvgIpc) is 2.58. The Morgan fingerprint density at radius 1 is 1.28 bits per heavy atom. The molecule has 0 bridgehead atoms. The van der Waals surface area contributed by atoms with E-state index < -0.39 is 0 Å². The van der Waals surface area contributed by atoms with Gasteiger partial charge in [-0.25, -0.2) is 9.97 Å². The van der Waals surface area contributed by atoms with Gasteiger partial charge in [-0.3, -0.25) is 4.79 Å². The van der Waals surface area contributed by atoms with Crippen LogP contribution in [0.2, 0.25) is 5.02 Å². The number of hydrogen-bond donors (Lipinski definition) is 2. The number of aryl methyl sites for hydroxylation is 1. The quantitative estimate of drug-likeness (QED) is 0.779. The maximum atomic E-state index is 12.0. The molecule has 0 saturated heterocycles. The van der Waals surface area contributed by atoms with Crippen molar-refractivity contribution < 1.29 is 9.53 Å². The SMILES string of the molecule is COc1cc(Cl)c(C)cc1Nc1cnc(C(=O)NCCC(C)C)cn1. The molecule has 0 saturated carbocycles. The Morgan fingerprint density at radius 3 is 2.64 bits per heavy atom. The molecule has 0 fully saturated rings. The lowest BCUT2D eigenvalue weighted by atomic mass is 10.1. The molecule has 1 aromatic heterocycles. The van der Waals surface area contributed by atoms with Crippen LogP contribution in [0, 0.1) is 12.8 Å². The summed E-state index contributed by atoms with van der Waals surface area (Å²) in [5.41, 5.74) is 1.93. The highest BCUT2D eigenvalue weighted by atomic mass is 35.5. The van der Waals surface area contributed by atoms with E-state index >= 15 is 0 Å². The Kier molecular flexibility index (Phi) is 6.58. The van der Waals surface area contributed by atoms with Crippen LogP contribution in [0.15, 0.2) is 24.5 Å². The molecule has 0 unspecified atom stereocenters. The normalized spacial score (nSPS) is 10.6. The maximum absolute atomic E-state index is 12.0. The number of amides is 1. The van der Waals surface area contributed by atoms with Gasteiger partial charge in [-0.1, -0.05) is 25.4 Å². The topological polar surface area (TPSA) is 76.1 Å². The van der Waals surface area contributed by atoms with Gasteiger partial charge >= 0.3 is 0 Å². The zero-order valence-electron chi connectivity index (χ0n) is 14.9. The lowest BCUT2D eigenvalue weighted by molar-refractivity contribution is 0.0946. The van der Waals surface area contributed by atoms with E-state index in [-0.39, 0.29) is 11.6 Å². The number of aromatic nitrogens is 2. The molecule has 1 heterocycles. The molecule has 2 rings (SSSR count). The standard InChI is InChI=1S/C18H23ClN4O2/c1-11(2)5-6-20-18(24)15-9-22-17(10-21-15)23-14-7-12(3)13(19)8-16(14)25-4/h7-11H,5-6H2,1-4H3,(H,20,24)(H,22,23). The van der Waals surface area contributed by atoms with E-state index in [1.807, 2.05) is 13.0 Å². The Morgan fingerprint density at radius 2 is 2.04 bits per heavy atom. The van der Waals surface area contributed by atoms with E-state index in [4.69, 9.17) is 16.3 Å². The lowest BCUT2D eigenvalue weighted by Gasteiger charge is -2.12.